The van der Waals surface area contributed by atoms with Gasteiger partial charge in [-0.15, -0.1) is 0 Å². The van der Waals surface area contributed by atoms with E-state index in [0.29, 0.717) is 30.0 Å². The number of aliphatic hydroxyl groups excluding tert-OH is 1. The van der Waals surface area contributed by atoms with Crippen molar-refractivity contribution in [2.24, 2.45) is 12.8 Å². The van der Waals surface area contributed by atoms with Crippen LogP contribution in [-0.2, 0) is 19.9 Å². The number of benzene rings is 1. The molecule has 1 aromatic heterocycles. The number of aromatic nitrogens is 1. The van der Waals surface area contributed by atoms with E-state index in [2.05, 4.69) is 32.0 Å². The van der Waals surface area contributed by atoms with Crippen molar-refractivity contribution in [2.45, 2.75) is 58.4 Å². The highest BCUT2D eigenvalue weighted by Crippen LogP contribution is 2.25. The van der Waals surface area contributed by atoms with Crippen LogP contribution in [0.1, 0.15) is 59.1 Å². The predicted molar refractivity (Wildman–Crippen MR) is 112 cm³/mol. The quantitative estimate of drug-likeness (QED) is 0.632. The van der Waals surface area contributed by atoms with E-state index in [-0.39, 0.29) is 12.4 Å². The summed E-state index contributed by atoms with van der Waals surface area (Å²) >= 11 is 6.35. The van der Waals surface area contributed by atoms with E-state index in [4.69, 9.17) is 17.3 Å². The lowest BCUT2D eigenvalue weighted by atomic mass is 9.97. The highest BCUT2D eigenvalue weighted by Gasteiger charge is 2.21. The third kappa shape index (κ3) is 5.68. The van der Waals surface area contributed by atoms with E-state index in [1.165, 1.54) is 16.7 Å². The van der Waals surface area contributed by atoms with Crippen LogP contribution >= 0.6 is 11.6 Å². The summed E-state index contributed by atoms with van der Waals surface area (Å²) in [6.07, 6.45) is 3.41. The van der Waals surface area contributed by atoms with Gasteiger partial charge >= 0.3 is 0 Å². The first-order valence-electron chi connectivity index (χ1n) is 9.48. The molecule has 2 aromatic rings. The molecular weight excluding hydrogens is 360 g/mol. The molecule has 0 aliphatic carbocycles. The van der Waals surface area contributed by atoms with Crippen molar-refractivity contribution in [1.82, 2.24) is 4.57 Å². The maximum Gasteiger partial charge on any atom is 0.179 e. The maximum absolute atomic E-state index is 12.7. The minimum Gasteiger partial charge on any atom is -0.394 e. The molecule has 2 rings (SSSR count). The fourth-order valence-electron chi connectivity index (χ4n) is 3.18. The van der Waals surface area contributed by atoms with Gasteiger partial charge in [0.2, 0.25) is 0 Å². The zero-order valence-electron chi connectivity index (χ0n) is 16.8. The second-order valence-corrected chi connectivity index (χ2v) is 8.30. The van der Waals surface area contributed by atoms with E-state index in [1.54, 1.807) is 6.07 Å². The number of hydrogen-bond donors (Lipinski definition) is 2. The molecule has 0 fully saturated rings. The Balaban J connectivity index is 1.98. The van der Waals surface area contributed by atoms with Gasteiger partial charge in [-0.05, 0) is 69.2 Å². The highest BCUT2D eigenvalue weighted by molar-refractivity contribution is 6.31. The van der Waals surface area contributed by atoms with Gasteiger partial charge in [-0.1, -0.05) is 29.8 Å². The normalized spacial score (nSPS) is 13.6. The zero-order chi connectivity index (χ0) is 20.2. The fourth-order valence-corrected chi connectivity index (χ4v) is 3.51. The van der Waals surface area contributed by atoms with Gasteiger partial charge in [0.25, 0.3) is 0 Å². The molecule has 0 spiro atoms. The smallest absolute Gasteiger partial charge is 0.179 e. The third-order valence-electron chi connectivity index (χ3n) is 5.33. The van der Waals surface area contributed by atoms with Gasteiger partial charge in [0.05, 0.1) is 17.3 Å². The van der Waals surface area contributed by atoms with Gasteiger partial charge in [0, 0.05) is 24.7 Å². The summed E-state index contributed by atoms with van der Waals surface area (Å²) in [4.78, 5) is 12.7. The van der Waals surface area contributed by atoms with Crippen molar-refractivity contribution in [3.8, 4) is 0 Å². The minimum absolute atomic E-state index is 0.0840. The van der Waals surface area contributed by atoms with Crippen molar-refractivity contribution < 1.29 is 9.90 Å². The van der Waals surface area contributed by atoms with Gasteiger partial charge in [-0.2, -0.15) is 0 Å². The van der Waals surface area contributed by atoms with Crippen molar-refractivity contribution in [1.29, 1.82) is 0 Å². The summed E-state index contributed by atoms with van der Waals surface area (Å²) < 4.78 is 1.87. The third-order valence-corrected chi connectivity index (χ3v) is 5.65. The summed E-state index contributed by atoms with van der Waals surface area (Å²) in [5.74, 6) is 0.104. The second-order valence-electron chi connectivity index (χ2n) is 7.89. The van der Waals surface area contributed by atoms with Gasteiger partial charge in [0.1, 0.15) is 0 Å². The molecule has 1 aromatic carbocycles. The number of nitrogens with zero attached hydrogens (tertiary/aromatic N) is 1. The molecule has 1 atom stereocenters. The van der Waals surface area contributed by atoms with Gasteiger partial charge in [0.15, 0.2) is 5.78 Å². The molecule has 4 nitrogen and oxygen atoms in total. The summed E-state index contributed by atoms with van der Waals surface area (Å²) in [6, 6.07) is 8.22. The van der Waals surface area contributed by atoms with Crippen LogP contribution in [0.3, 0.4) is 0 Å². The minimum atomic E-state index is -0.649. The molecule has 0 saturated heterocycles. The lowest BCUT2D eigenvalue weighted by Crippen LogP contribution is -2.40. The van der Waals surface area contributed by atoms with E-state index < -0.39 is 5.54 Å². The van der Waals surface area contributed by atoms with Crippen LogP contribution < -0.4 is 5.73 Å². The standard InChI is InChI=1S/C22H31ClN2O2/c1-15-8-9-17(12-16(15)2)6-5-7-21(27)20-13-18(23)19(25(20)4)10-11-22(3,24)14-26/h8-9,12-13,26H,5-7,10-11,14,24H2,1-4H3. The molecule has 1 heterocycles. The molecule has 0 amide bonds. The number of aryl methyl sites for hydroxylation is 3. The number of aliphatic hydroxyl groups is 1. The van der Waals surface area contributed by atoms with Gasteiger partial charge < -0.3 is 15.4 Å². The average molecular weight is 391 g/mol. The van der Waals surface area contributed by atoms with Crippen LogP contribution in [0.15, 0.2) is 24.3 Å². The topological polar surface area (TPSA) is 68.2 Å². The van der Waals surface area contributed by atoms with E-state index in [9.17, 15) is 9.90 Å². The van der Waals surface area contributed by atoms with E-state index in [1.807, 2.05) is 18.5 Å². The summed E-state index contributed by atoms with van der Waals surface area (Å²) in [5, 5.41) is 9.90. The highest BCUT2D eigenvalue weighted by atomic mass is 35.5. The number of carbonyl (C=O) groups is 1. The summed E-state index contributed by atoms with van der Waals surface area (Å²) in [6.45, 7) is 5.94. The first-order valence-corrected chi connectivity index (χ1v) is 9.85. The second kappa shape index (κ2) is 9.05. The van der Waals surface area contributed by atoms with Crippen molar-refractivity contribution in [2.75, 3.05) is 6.61 Å². The number of Topliss-reactive ketones (excluding diaryl/α,β-unsaturated/α-hetero) is 1. The Bertz CT molecular complexity index is 809. The lowest BCUT2D eigenvalue weighted by Gasteiger charge is -2.21. The van der Waals surface area contributed by atoms with Crippen LogP contribution in [-0.4, -0.2) is 27.6 Å². The largest absolute Gasteiger partial charge is 0.394 e. The molecule has 0 aliphatic rings. The number of nitrogens with two attached hydrogens (primary N) is 1. The molecule has 148 valence electrons. The van der Waals surface area contributed by atoms with Crippen molar-refractivity contribution in [3.05, 3.63) is 57.4 Å². The monoisotopic (exact) mass is 390 g/mol. The maximum atomic E-state index is 12.7. The average Bonchev–Trinajstić information content (AvgIpc) is 2.90. The summed E-state index contributed by atoms with van der Waals surface area (Å²) in [5.41, 5.74) is 10.7. The Hall–Kier alpha value is -1.62. The number of rotatable bonds is 9. The Kier molecular flexibility index (Phi) is 7.26. The Morgan fingerprint density at radius 3 is 2.56 bits per heavy atom. The number of ketones is 1. The lowest BCUT2D eigenvalue weighted by molar-refractivity contribution is 0.0972. The Morgan fingerprint density at radius 2 is 1.93 bits per heavy atom. The van der Waals surface area contributed by atoms with E-state index in [0.717, 1.165) is 18.5 Å². The van der Waals surface area contributed by atoms with Crippen molar-refractivity contribution in [3.63, 3.8) is 0 Å². The molecule has 0 aliphatic heterocycles. The van der Waals surface area contributed by atoms with Crippen LogP contribution in [0.5, 0.6) is 0 Å². The first-order chi connectivity index (χ1) is 12.6. The Labute approximate surface area is 167 Å². The number of halogens is 1. The van der Waals surface area contributed by atoms with Crippen LogP contribution in [0.4, 0.5) is 0 Å². The molecule has 3 N–H and O–H groups in total. The van der Waals surface area contributed by atoms with E-state index >= 15 is 0 Å². The Morgan fingerprint density at radius 1 is 1.22 bits per heavy atom. The zero-order valence-corrected chi connectivity index (χ0v) is 17.6. The predicted octanol–water partition coefficient (Wildman–Crippen LogP) is 4.14. The fraction of sp³-hybridized carbons (Fsp3) is 0.500. The number of hydrogen-bond acceptors (Lipinski definition) is 3. The molecule has 0 saturated carbocycles. The summed E-state index contributed by atoms with van der Waals surface area (Å²) in [7, 11) is 1.87. The van der Waals surface area contributed by atoms with Gasteiger partial charge in [-0.3, -0.25) is 4.79 Å². The number of carbonyl (C=O) groups excluding carboxylic acids is 1. The van der Waals surface area contributed by atoms with Crippen LogP contribution in [0, 0.1) is 13.8 Å². The molecule has 0 radical (unpaired) electrons. The van der Waals surface area contributed by atoms with Crippen LogP contribution in [0.25, 0.3) is 0 Å². The molecular formula is C22H31ClN2O2. The van der Waals surface area contributed by atoms with Crippen LogP contribution in [0.2, 0.25) is 5.02 Å². The molecule has 5 heteroatoms. The molecule has 27 heavy (non-hydrogen) atoms. The van der Waals surface area contributed by atoms with Gasteiger partial charge in [-0.25, -0.2) is 0 Å². The first kappa shape index (κ1) is 21.7. The SMILES string of the molecule is Cc1ccc(CCCC(=O)c2cc(Cl)c(CCC(C)(N)CO)n2C)cc1C. The molecule has 1 unspecified atom stereocenters. The van der Waals surface area contributed by atoms with Crippen molar-refractivity contribution >= 4 is 17.4 Å². The molecule has 0 bridgehead atoms.